The highest BCUT2D eigenvalue weighted by Crippen LogP contribution is 2.25. The predicted octanol–water partition coefficient (Wildman–Crippen LogP) is 2.43. The van der Waals surface area contributed by atoms with Gasteiger partial charge in [0, 0.05) is 19.2 Å². The van der Waals surface area contributed by atoms with E-state index in [1.54, 1.807) is 0 Å². The number of rotatable bonds is 4. The zero-order valence-electron chi connectivity index (χ0n) is 13.8. The van der Waals surface area contributed by atoms with Crippen LogP contribution >= 0.6 is 0 Å². The highest BCUT2D eigenvalue weighted by molar-refractivity contribution is 5.73. The lowest BCUT2D eigenvalue weighted by molar-refractivity contribution is -0.160. The van der Waals surface area contributed by atoms with E-state index >= 15 is 0 Å². The monoisotopic (exact) mass is 307 g/mol. The minimum Gasteiger partial charge on any atom is -0.478 e. The third kappa shape index (κ3) is 4.58. The van der Waals surface area contributed by atoms with Crippen LogP contribution in [0, 0.1) is 5.92 Å². The van der Waals surface area contributed by atoms with Crippen LogP contribution in [0.25, 0.3) is 0 Å². The lowest BCUT2D eigenvalue weighted by atomic mass is 9.96. The van der Waals surface area contributed by atoms with Gasteiger partial charge in [-0.1, -0.05) is 0 Å². The van der Waals surface area contributed by atoms with Gasteiger partial charge in [-0.25, -0.2) is 9.97 Å². The number of piperidine rings is 1. The van der Waals surface area contributed by atoms with Gasteiger partial charge in [0.2, 0.25) is 5.88 Å². The molecule has 2 rings (SSSR count). The average molecular weight is 307 g/mol. The zero-order valence-corrected chi connectivity index (χ0v) is 13.8. The lowest BCUT2D eigenvalue weighted by Crippen LogP contribution is -2.39. The van der Waals surface area contributed by atoms with E-state index in [9.17, 15) is 4.79 Å². The molecule has 122 valence electrons. The Morgan fingerprint density at radius 2 is 2.00 bits per heavy atom. The summed E-state index contributed by atoms with van der Waals surface area (Å²) >= 11 is 0. The molecule has 0 amide bonds. The third-order valence-electron chi connectivity index (χ3n) is 3.48. The number of carbonyl (C=O) groups is 1. The molecule has 0 N–H and O–H groups in total. The van der Waals surface area contributed by atoms with Crippen molar-refractivity contribution < 1.29 is 14.3 Å². The van der Waals surface area contributed by atoms with E-state index in [4.69, 9.17) is 9.47 Å². The number of ether oxygens (including phenoxy) is 2. The summed E-state index contributed by atoms with van der Waals surface area (Å²) in [5.74, 6) is 1.32. The molecular weight excluding hydrogens is 282 g/mol. The van der Waals surface area contributed by atoms with Crippen molar-refractivity contribution in [2.75, 3.05) is 24.6 Å². The summed E-state index contributed by atoms with van der Waals surface area (Å²) in [6.07, 6.45) is 3.08. The molecule has 0 aromatic carbocycles. The predicted molar refractivity (Wildman–Crippen MR) is 84.0 cm³/mol. The Morgan fingerprint density at radius 1 is 1.32 bits per heavy atom. The molecule has 0 atom stereocenters. The maximum absolute atomic E-state index is 12.1. The van der Waals surface area contributed by atoms with Crippen LogP contribution < -0.4 is 9.64 Å². The highest BCUT2D eigenvalue weighted by atomic mass is 16.6. The smallest absolute Gasteiger partial charge is 0.309 e. The first-order valence-corrected chi connectivity index (χ1v) is 7.81. The number of aromatic nitrogens is 2. The Labute approximate surface area is 131 Å². The van der Waals surface area contributed by atoms with Crippen molar-refractivity contribution in [2.24, 2.45) is 5.92 Å². The average Bonchev–Trinajstić information content (AvgIpc) is 2.46. The Bertz CT molecular complexity index is 506. The summed E-state index contributed by atoms with van der Waals surface area (Å²) in [6, 6.07) is 1.84. The lowest BCUT2D eigenvalue weighted by Gasteiger charge is -2.33. The number of hydrogen-bond donors (Lipinski definition) is 0. The van der Waals surface area contributed by atoms with Crippen LogP contribution in [0.15, 0.2) is 12.4 Å². The molecule has 1 aromatic rings. The third-order valence-corrected chi connectivity index (χ3v) is 3.48. The van der Waals surface area contributed by atoms with Crippen molar-refractivity contribution in [3.8, 4) is 5.88 Å². The molecular formula is C16H25N3O3. The van der Waals surface area contributed by atoms with Crippen LogP contribution in [-0.2, 0) is 9.53 Å². The van der Waals surface area contributed by atoms with E-state index in [0.29, 0.717) is 12.5 Å². The van der Waals surface area contributed by atoms with Gasteiger partial charge in [0.05, 0.1) is 12.5 Å². The van der Waals surface area contributed by atoms with Crippen LogP contribution in [0.4, 0.5) is 5.82 Å². The molecule has 2 heterocycles. The summed E-state index contributed by atoms with van der Waals surface area (Å²) in [6.45, 7) is 9.77. The SMILES string of the molecule is CCOc1cc(N2CCC(C(=O)OC(C)(C)C)CC2)ncn1. The molecule has 1 fully saturated rings. The van der Waals surface area contributed by atoms with E-state index in [1.807, 2.05) is 33.8 Å². The van der Waals surface area contributed by atoms with E-state index in [-0.39, 0.29) is 11.9 Å². The Balaban J connectivity index is 1.92. The van der Waals surface area contributed by atoms with Gasteiger partial charge in [0.15, 0.2) is 0 Å². The maximum Gasteiger partial charge on any atom is 0.309 e. The molecule has 0 aliphatic carbocycles. The fourth-order valence-electron chi connectivity index (χ4n) is 2.46. The molecule has 0 unspecified atom stereocenters. The molecule has 1 aromatic heterocycles. The van der Waals surface area contributed by atoms with Crippen LogP contribution in [0.1, 0.15) is 40.5 Å². The zero-order chi connectivity index (χ0) is 16.2. The summed E-state index contributed by atoms with van der Waals surface area (Å²) in [7, 11) is 0. The van der Waals surface area contributed by atoms with Crippen molar-refractivity contribution in [1.29, 1.82) is 0 Å². The normalized spacial score (nSPS) is 16.5. The molecule has 6 heteroatoms. The quantitative estimate of drug-likeness (QED) is 0.796. The fourth-order valence-corrected chi connectivity index (χ4v) is 2.46. The fraction of sp³-hybridized carbons (Fsp3) is 0.688. The van der Waals surface area contributed by atoms with Crippen LogP contribution in [0.5, 0.6) is 5.88 Å². The Morgan fingerprint density at radius 3 is 2.59 bits per heavy atom. The molecule has 0 spiro atoms. The summed E-state index contributed by atoms with van der Waals surface area (Å²) in [4.78, 5) is 22.6. The van der Waals surface area contributed by atoms with Gasteiger partial charge in [-0.05, 0) is 40.5 Å². The number of hydrogen-bond acceptors (Lipinski definition) is 6. The summed E-state index contributed by atoms with van der Waals surface area (Å²) < 4.78 is 10.9. The van der Waals surface area contributed by atoms with Crippen molar-refractivity contribution in [2.45, 2.75) is 46.1 Å². The minimum atomic E-state index is -0.423. The number of carbonyl (C=O) groups excluding carboxylic acids is 1. The maximum atomic E-state index is 12.1. The van der Waals surface area contributed by atoms with Crippen LogP contribution in [-0.4, -0.2) is 41.2 Å². The number of esters is 1. The van der Waals surface area contributed by atoms with Gasteiger partial charge in [-0.15, -0.1) is 0 Å². The van der Waals surface area contributed by atoms with E-state index < -0.39 is 5.60 Å². The van der Waals surface area contributed by atoms with Crippen LogP contribution in [0.2, 0.25) is 0 Å². The highest BCUT2D eigenvalue weighted by Gasteiger charge is 2.29. The van der Waals surface area contributed by atoms with Crippen molar-refractivity contribution in [3.63, 3.8) is 0 Å². The summed E-state index contributed by atoms with van der Waals surface area (Å²) in [5, 5.41) is 0. The van der Waals surface area contributed by atoms with Crippen molar-refractivity contribution in [3.05, 3.63) is 12.4 Å². The topological polar surface area (TPSA) is 64.5 Å². The van der Waals surface area contributed by atoms with Gasteiger partial charge in [0.1, 0.15) is 17.7 Å². The van der Waals surface area contributed by atoms with E-state index in [0.717, 1.165) is 31.7 Å². The van der Waals surface area contributed by atoms with Crippen molar-refractivity contribution >= 4 is 11.8 Å². The van der Waals surface area contributed by atoms with Gasteiger partial charge < -0.3 is 14.4 Å². The first kappa shape index (κ1) is 16.5. The van der Waals surface area contributed by atoms with Crippen LogP contribution in [0.3, 0.4) is 0 Å². The molecule has 1 aliphatic rings. The molecule has 6 nitrogen and oxygen atoms in total. The first-order chi connectivity index (χ1) is 10.4. The van der Waals surface area contributed by atoms with E-state index in [2.05, 4.69) is 14.9 Å². The second-order valence-corrected chi connectivity index (χ2v) is 6.44. The number of anilines is 1. The summed E-state index contributed by atoms with van der Waals surface area (Å²) in [5.41, 5.74) is -0.423. The molecule has 0 radical (unpaired) electrons. The molecule has 0 saturated carbocycles. The molecule has 22 heavy (non-hydrogen) atoms. The van der Waals surface area contributed by atoms with Crippen molar-refractivity contribution in [1.82, 2.24) is 9.97 Å². The van der Waals surface area contributed by atoms with Gasteiger partial charge >= 0.3 is 5.97 Å². The molecule has 1 saturated heterocycles. The number of nitrogens with zero attached hydrogens (tertiary/aromatic N) is 3. The second kappa shape index (κ2) is 6.94. The van der Waals surface area contributed by atoms with Gasteiger partial charge in [-0.2, -0.15) is 0 Å². The van der Waals surface area contributed by atoms with E-state index in [1.165, 1.54) is 6.33 Å². The minimum absolute atomic E-state index is 0.0244. The molecule has 0 bridgehead atoms. The Kier molecular flexibility index (Phi) is 5.21. The van der Waals surface area contributed by atoms with Gasteiger partial charge in [-0.3, -0.25) is 4.79 Å². The standard InChI is InChI=1S/C16H25N3O3/c1-5-21-14-10-13(17-11-18-14)19-8-6-12(7-9-19)15(20)22-16(2,3)4/h10-12H,5-9H2,1-4H3. The molecule has 1 aliphatic heterocycles. The second-order valence-electron chi connectivity index (χ2n) is 6.44. The first-order valence-electron chi connectivity index (χ1n) is 7.81. The Hall–Kier alpha value is -1.85. The largest absolute Gasteiger partial charge is 0.478 e. The van der Waals surface area contributed by atoms with Gasteiger partial charge in [0.25, 0.3) is 0 Å².